The fourth-order valence-corrected chi connectivity index (χ4v) is 2.85. The van der Waals surface area contributed by atoms with Gasteiger partial charge >= 0.3 is 0 Å². The van der Waals surface area contributed by atoms with Gasteiger partial charge in [-0.1, -0.05) is 49.6 Å². The summed E-state index contributed by atoms with van der Waals surface area (Å²) in [6, 6.07) is 9.63. The number of amides is 1. The minimum absolute atomic E-state index is 0.0532. The monoisotopic (exact) mass is 299 g/mol. The molecular weight excluding hydrogens is 278 g/mol. The third-order valence-electron chi connectivity index (χ3n) is 4.08. The van der Waals surface area contributed by atoms with Crippen LogP contribution in [0.5, 0.6) is 0 Å². The number of hydrogen-bond donors (Lipinski definition) is 1. The van der Waals surface area contributed by atoms with Gasteiger partial charge in [0.05, 0.1) is 0 Å². The zero-order chi connectivity index (χ0) is 15.2. The second kappa shape index (κ2) is 7.15. The number of carbonyl (C=O) groups is 1. The Hall–Kier alpha value is -2.24. The van der Waals surface area contributed by atoms with Crippen molar-refractivity contribution in [3.05, 3.63) is 30.3 Å². The minimum atomic E-state index is -0.0532. The van der Waals surface area contributed by atoms with Gasteiger partial charge in [-0.05, 0) is 24.0 Å². The Bertz CT molecular complexity index is 604. The van der Waals surface area contributed by atoms with Crippen molar-refractivity contribution >= 4 is 5.91 Å². The largest absolute Gasteiger partial charge is 0.354 e. The molecule has 116 valence electrons. The Morgan fingerprint density at radius 3 is 2.73 bits per heavy atom. The van der Waals surface area contributed by atoms with Crippen LogP contribution in [0, 0.1) is 5.92 Å². The maximum absolute atomic E-state index is 12.0. The molecule has 2 aromatic rings. The van der Waals surface area contributed by atoms with E-state index >= 15 is 0 Å². The van der Waals surface area contributed by atoms with Crippen LogP contribution in [0.1, 0.15) is 32.1 Å². The molecule has 1 aliphatic carbocycles. The normalized spacial score (nSPS) is 15.6. The van der Waals surface area contributed by atoms with Gasteiger partial charge < -0.3 is 5.32 Å². The smallest absolute Gasteiger partial charge is 0.243 e. The van der Waals surface area contributed by atoms with Crippen molar-refractivity contribution in [1.82, 2.24) is 25.5 Å². The summed E-state index contributed by atoms with van der Waals surface area (Å²) < 4.78 is 0. The molecule has 0 unspecified atom stereocenters. The van der Waals surface area contributed by atoms with Crippen LogP contribution in [0.3, 0.4) is 0 Å². The first-order valence-electron chi connectivity index (χ1n) is 7.91. The molecule has 1 aromatic heterocycles. The lowest BCUT2D eigenvalue weighted by Crippen LogP contribution is -2.33. The van der Waals surface area contributed by atoms with E-state index in [-0.39, 0.29) is 12.5 Å². The van der Waals surface area contributed by atoms with E-state index in [1.54, 1.807) is 0 Å². The summed E-state index contributed by atoms with van der Waals surface area (Å²) >= 11 is 0. The van der Waals surface area contributed by atoms with E-state index in [1.807, 2.05) is 30.3 Å². The Morgan fingerprint density at radius 1 is 1.18 bits per heavy atom. The Morgan fingerprint density at radius 2 is 1.95 bits per heavy atom. The lowest BCUT2D eigenvalue weighted by Gasteiger charge is -2.21. The second-order valence-corrected chi connectivity index (χ2v) is 5.82. The maximum Gasteiger partial charge on any atom is 0.243 e. The van der Waals surface area contributed by atoms with Crippen LogP contribution in [0.25, 0.3) is 11.4 Å². The number of benzene rings is 1. The first-order chi connectivity index (χ1) is 10.8. The fourth-order valence-electron chi connectivity index (χ4n) is 2.85. The van der Waals surface area contributed by atoms with E-state index in [9.17, 15) is 4.79 Å². The number of nitrogens with zero attached hydrogens (tertiary/aromatic N) is 4. The van der Waals surface area contributed by atoms with Gasteiger partial charge in [-0.15, -0.1) is 10.2 Å². The van der Waals surface area contributed by atoms with E-state index in [4.69, 9.17) is 0 Å². The SMILES string of the molecule is O=C(Cn1nnc(-c2ccccc2)n1)NCC1CCCCC1. The number of carbonyl (C=O) groups excluding carboxylic acids is 1. The molecule has 1 aliphatic rings. The van der Waals surface area contributed by atoms with Crippen molar-refractivity contribution in [3.8, 4) is 11.4 Å². The molecule has 1 aromatic carbocycles. The number of tetrazole rings is 1. The van der Waals surface area contributed by atoms with Gasteiger partial charge in [0.25, 0.3) is 0 Å². The van der Waals surface area contributed by atoms with Crippen LogP contribution in [-0.4, -0.2) is 32.7 Å². The molecule has 0 bridgehead atoms. The van der Waals surface area contributed by atoms with E-state index in [0.717, 1.165) is 12.1 Å². The standard InChI is InChI=1S/C16H21N5O/c22-15(17-11-13-7-3-1-4-8-13)12-21-19-16(18-20-21)14-9-5-2-6-10-14/h2,5-6,9-10,13H,1,3-4,7-8,11-12H2,(H,17,22). The molecule has 0 radical (unpaired) electrons. The molecule has 6 nitrogen and oxygen atoms in total. The molecule has 0 atom stereocenters. The fraction of sp³-hybridized carbons (Fsp3) is 0.500. The maximum atomic E-state index is 12.0. The number of aromatic nitrogens is 4. The summed E-state index contributed by atoms with van der Waals surface area (Å²) in [7, 11) is 0. The van der Waals surface area contributed by atoms with Crippen LogP contribution in [0.15, 0.2) is 30.3 Å². The minimum Gasteiger partial charge on any atom is -0.354 e. The van der Waals surface area contributed by atoms with Gasteiger partial charge in [0.15, 0.2) is 0 Å². The highest BCUT2D eigenvalue weighted by Gasteiger charge is 2.15. The molecule has 6 heteroatoms. The predicted molar refractivity (Wildman–Crippen MR) is 82.8 cm³/mol. The molecular formula is C16H21N5O. The lowest BCUT2D eigenvalue weighted by atomic mass is 9.89. The van der Waals surface area contributed by atoms with E-state index < -0.39 is 0 Å². The Labute approximate surface area is 129 Å². The van der Waals surface area contributed by atoms with Crippen molar-refractivity contribution in [2.45, 2.75) is 38.6 Å². The number of rotatable bonds is 5. The molecule has 1 N–H and O–H groups in total. The van der Waals surface area contributed by atoms with Gasteiger partial charge in [-0.3, -0.25) is 4.79 Å². The highest BCUT2D eigenvalue weighted by Crippen LogP contribution is 2.22. The van der Waals surface area contributed by atoms with Crippen LogP contribution in [0.2, 0.25) is 0 Å². The third kappa shape index (κ3) is 3.90. The van der Waals surface area contributed by atoms with Crippen molar-refractivity contribution in [2.24, 2.45) is 5.92 Å². The van der Waals surface area contributed by atoms with Crippen molar-refractivity contribution in [1.29, 1.82) is 0 Å². The number of nitrogens with one attached hydrogen (secondary N) is 1. The van der Waals surface area contributed by atoms with Crippen LogP contribution in [-0.2, 0) is 11.3 Å². The van der Waals surface area contributed by atoms with Crippen LogP contribution >= 0.6 is 0 Å². The summed E-state index contributed by atoms with van der Waals surface area (Å²) in [5.74, 6) is 1.12. The molecule has 3 rings (SSSR count). The van der Waals surface area contributed by atoms with E-state index in [2.05, 4.69) is 20.7 Å². The van der Waals surface area contributed by atoms with E-state index in [1.165, 1.54) is 36.9 Å². The molecule has 22 heavy (non-hydrogen) atoms. The summed E-state index contributed by atoms with van der Waals surface area (Å²) in [6.07, 6.45) is 6.34. The highest BCUT2D eigenvalue weighted by molar-refractivity contribution is 5.75. The van der Waals surface area contributed by atoms with E-state index in [0.29, 0.717) is 11.7 Å². The summed E-state index contributed by atoms with van der Waals surface area (Å²) in [5.41, 5.74) is 0.899. The zero-order valence-electron chi connectivity index (χ0n) is 12.6. The third-order valence-corrected chi connectivity index (χ3v) is 4.08. The molecule has 1 saturated carbocycles. The molecule has 1 fully saturated rings. The molecule has 0 spiro atoms. The topological polar surface area (TPSA) is 72.7 Å². The first kappa shape index (κ1) is 14.7. The van der Waals surface area contributed by atoms with Gasteiger partial charge in [0.2, 0.25) is 11.7 Å². The Kier molecular flexibility index (Phi) is 4.78. The lowest BCUT2D eigenvalue weighted by molar-refractivity contribution is -0.122. The Balaban J connectivity index is 1.50. The summed E-state index contributed by atoms with van der Waals surface area (Å²) in [4.78, 5) is 13.3. The predicted octanol–water partition coefficient (Wildman–Crippen LogP) is 2.04. The molecule has 1 heterocycles. The number of hydrogen-bond acceptors (Lipinski definition) is 4. The van der Waals surface area contributed by atoms with Crippen LogP contribution < -0.4 is 5.32 Å². The zero-order valence-corrected chi connectivity index (χ0v) is 12.6. The van der Waals surface area contributed by atoms with Crippen LogP contribution in [0.4, 0.5) is 0 Å². The van der Waals surface area contributed by atoms with Gasteiger partial charge in [-0.2, -0.15) is 4.80 Å². The first-order valence-corrected chi connectivity index (χ1v) is 7.91. The summed E-state index contributed by atoms with van der Waals surface area (Å²) in [6.45, 7) is 0.881. The van der Waals surface area contributed by atoms with Gasteiger partial charge in [-0.25, -0.2) is 0 Å². The highest BCUT2D eigenvalue weighted by atomic mass is 16.2. The quantitative estimate of drug-likeness (QED) is 0.917. The van der Waals surface area contributed by atoms with Crippen molar-refractivity contribution < 1.29 is 4.79 Å². The molecule has 0 saturated heterocycles. The average Bonchev–Trinajstić information content (AvgIpc) is 3.03. The van der Waals surface area contributed by atoms with Gasteiger partial charge in [0.1, 0.15) is 6.54 Å². The second-order valence-electron chi connectivity index (χ2n) is 5.82. The molecule has 1 amide bonds. The summed E-state index contributed by atoms with van der Waals surface area (Å²) in [5, 5.41) is 15.2. The van der Waals surface area contributed by atoms with Gasteiger partial charge in [0, 0.05) is 12.1 Å². The molecule has 0 aliphatic heterocycles. The van der Waals surface area contributed by atoms with Crippen molar-refractivity contribution in [2.75, 3.05) is 6.54 Å². The van der Waals surface area contributed by atoms with Crippen molar-refractivity contribution in [3.63, 3.8) is 0 Å². The average molecular weight is 299 g/mol.